The van der Waals surface area contributed by atoms with Crippen LogP contribution in [0.1, 0.15) is 20.3 Å². The highest BCUT2D eigenvalue weighted by Gasteiger charge is 2.09. The molecule has 0 aliphatic carbocycles. The van der Waals surface area contributed by atoms with E-state index in [2.05, 4.69) is 42.5 Å². The van der Waals surface area contributed by atoms with E-state index in [0.717, 1.165) is 21.2 Å². The summed E-state index contributed by atoms with van der Waals surface area (Å²) in [6.45, 7) is 4.90. The van der Waals surface area contributed by atoms with Gasteiger partial charge in [0, 0.05) is 21.4 Å². The Bertz CT molecular complexity index is 396. The molecule has 0 fully saturated rings. The van der Waals surface area contributed by atoms with E-state index in [1.54, 1.807) is 0 Å². The van der Waals surface area contributed by atoms with Crippen molar-refractivity contribution in [2.75, 3.05) is 11.9 Å². The summed E-state index contributed by atoms with van der Waals surface area (Å²) in [5.74, 6) is 0.0113. The molecular formula is C12H16Br2N2O. The van der Waals surface area contributed by atoms with E-state index in [9.17, 15) is 4.79 Å². The Balaban J connectivity index is 2.58. The number of amides is 1. The van der Waals surface area contributed by atoms with E-state index >= 15 is 0 Å². The number of benzene rings is 1. The average Bonchev–Trinajstić information content (AvgIpc) is 2.23. The molecular weight excluding hydrogens is 348 g/mol. The van der Waals surface area contributed by atoms with Gasteiger partial charge < -0.3 is 10.6 Å². The molecule has 1 rings (SSSR count). The van der Waals surface area contributed by atoms with Crippen LogP contribution in [0.3, 0.4) is 0 Å². The Kier molecular flexibility index (Phi) is 6.16. The highest BCUT2D eigenvalue weighted by Crippen LogP contribution is 2.26. The molecule has 1 aromatic carbocycles. The fourth-order valence-electron chi connectivity index (χ4n) is 1.49. The van der Waals surface area contributed by atoms with Crippen LogP contribution < -0.4 is 10.6 Å². The van der Waals surface area contributed by atoms with Crippen LogP contribution in [-0.2, 0) is 4.79 Å². The van der Waals surface area contributed by atoms with Gasteiger partial charge in [0.1, 0.15) is 0 Å². The summed E-state index contributed by atoms with van der Waals surface area (Å²) in [6.07, 6.45) is 0.465. The molecule has 0 bridgehead atoms. The van der Waals surface area contributed by atoms with Gasteiger partial charge in [0.05, 0.1) is 5.69 Å². The van der Waals surface area contributed by atoms with Crippen LogP contribution >= 0.6 is 31.9 Å². The largest absolute Gasteiger partial charge is 0.325 e. The van der Waals surface area contributed by atoms with E-state index in [1.807, 2.05) is 32.0 Å². The third-order valence-electron chi connectivity index (χ3n) is 2.25. The number of rotatable bonds is 5. The maximum Gasteiger partial charge on any atom is 0.225 e. The maximum atomic E-state index is 11.8. The number of hydrogen-bond acceptors (Lipinski definition) is 2. The minimum Gasteiger partial charge on any atom is -0.325 e. The maximum absolute atomic E-state index is 11.8. The number of anilines is 1. The van der Waals surface area contributed by atoms with E-state index in [0.29, 0.717) is 6.42 Å². The fraction of sp³-hybridized carbons (Fsp3) is 0.417. The van der Waals surface area contributed by atoms with Gasteiger partial charge in [0.25, 0.3) is 0 Å². The lowest BCUT2D eigenvalue weighted by Gasteiger charge is -2.13. The zero-order valence-electron chi connectivity index (χ0n) is 9.89. The zero-order valence-corrected chi connectivity index (χ0v) is 13.1. The summed E-state index contributed by atoms with van der Waals surface area (Å²) in [5, 5.41) is 6.09. The third-order valence-corrected chi connectivity index (χ3v) is 3.43. The van der Waals surface area contributed by atoms with Crippen LogP contribution in [-0.4, -0.2) is 18.5 Å². The first-order chi connectivity index (χ1) is 8.02. The first kappa shape index (κ1) is 14.7. The van der Waals surface area contributed by atoms with Crippen LogP contribution in [0.25, 0.3) is 0 Å². The smallest absolute Gasteiger partial charge is 0.225 e. The van der Waals surface area contributed by atoms with Gasteiger partial charge in [-0.15, -0.1) is 0 Å². The van der Waals surface area contributed by atoms with Crippen molar-refractivity contribution in [2.45, 2.75) is 26.3 Å². The van der Waals surface area contributed by atoms with Gasteiger partial charge in [0.15, 0.2) is 0 Å². The van der Waals surface area contributed by atoms with Crippen LogP contribution in [0.2, 0.25) is 0 Å². The minimum absolute atomic E-state index is 0.0113. The molecule has 3 nitrogen and oxygen atoms in total. The molecule has 5 heteroatoms. The number of hydrogen-bond donors (Lipinski definition) is 2. The Labute approximate surface area is 119 Å². The van der Waals surface area contributed by atoms with Crippen molar-refractivity contribution in [3.05, 3.63) is 27.1 Å². The van der Waals surface area contributed by atoms with Crippen molar-refractivity contribution in [1.29, 1.82) is 0 Å². The van der Waals surface area contributed by atoms with Crippen molar-refractivity contribution in [3.63, 3.8) is 0 Å². The summed E-state index contributed by atoms with van der Waals surface area (Å²) in [4.78, 5) is 11.8. The fourth-order valence-corrected chi connectivity index (χ4v) is 2.20. The number of carbonyl (C=O) groups excluding carboxylic acids is 1. The van der Waals surface area contributed by atoms with Crippen molar-refractivity contribution in [3.8, 4) is 0 Å². The summed E-state index contributed by atoms with van der Waals surface area (Å²) in [5.41, 5.74) is 0.785. The minimum atomic E-state index is 0.0113. The Morgan fingerprint density at radius 3 is 2.76 bits per heavy atom. The van der Waals surface area contributed by atoms with Gasteiger partial charge in [0.2, 0.25) is 5.91 Å². The van der Waals surface area contributed by atoms with Gasteiger partial charge in [-0.2, -0.15) is 0 Å². The lowest BCUT2D eigenvalue weighted by Crippen LogP contribution is -2.30. The van der Waals surface area contributed by atoms with Crippen molar-refractivity contribution >= 4 is 43.5 Å². The third kappa shape index (κ3) is 5.19. The molecule has 0 spiro atoms. The summed E-state index contributed by atoms with van der Waals surface area (Å²) >= 11 is 6.78. The monoisotopic (exact) mass is 362 g/mol. The molecule has 0 saturated carbocycles. The van der Waals surface area contributed by atoms with Crippen molar-refractivity contribution < 1.29 is 4.79 Å². The van der Waals surface area contributed by atoms with Crippen LogP contribution in [0.5, 0.6) is 0 Å². The summed E-state index contributed by atoms with van der Waals surface area (Å²) in [6, 6.07) is 5.87. The highest BCUT2D eigenvalue weighted by molar-refractivity contribution is 9.11. The SMILES string of the molecule is CCNC(C)CC(=O)Nc1cc(Br)ccc1Br. The van der Waals surface area contributed by atoms with Crippen molar-refractivity contribution in [2.24, 2.45) is 0 Å². The van der Waals surface area contributed by atoms with Gasteiger partial charge in [-0.3, -0.25) is 4.79 Å². The molecule has 0 aliphatic heterocycles. The standard InChI is InChI=1S/C12H16Br2N2O/c1-3-15-8(2)6-12(17)16-11-7-9(13)4-5-10(11)14/h4-5,7-8,15H,3,6H2,1-2H3,(H,16,17). The molecule has 0 saturated heterocycles. The van der Waals surface area contributed by atoms with Crippen LogP contribution in [0.4, 0.5) is 5.69 Å². The number of nitrogens with one attached hydrogen (secondary N) is 2. The second-order valence-electron chi connectivity index (χ2n) is 3.84. The molecule has 17 heavy (non-hydrogen) atoms. The molecule has 1 atom stereocenters. The lowest BCUT2D eigenvalue weighted by molar-refractivity contribution is -0.116. The molecule has 0 radical (unpaired) electrons. The molecule has 0 aliphatic rings. The summed E-state index contributed by atoms with van der Waals surface area (Å²) in [7, 11) is 0. The zero-order chi connectivity index (χ0) is 12.8. The molecule has 1 unspecified atom stereocenters. The lowest BCUT2D eigenvalue weighted by atomic mass is 10.2. The van der Waals surface area contributed by atoms with Crippen molar-refractivity contribution in [1.82, 2.24) is 5.32 Å². The molecule has 0 heterocycles. The summed E-state index contributed by atoms with van der Waals surface area (Å²) < 4.78 is 1.82. The topological polar surface area (TPSA) is 41.1 Å². The van der Waals surface area contributed by atoms with Gasteiger partial charge >= 0.3 is 0 Å². The van der Waals surface area contributed by atoms with Gasteiger partial charge in [-0.05, 0) is 47.6 Å². The highest BCUT2D eigenvalue weighted by atomic mass is 79.9. The van der Waals surface area contributed by atoms with Gasteiger partial charge in [-0.1, -0.05) is 22.9 Å². The van der Waals surface area contributed by atoms with E-state index < -0.39 is 0 Å². The van der Waals surface area contributed by atoms with E-state index in [4.69, 9.17) is 0 Å². The Hall–Kier alpha value is -0.390. The van der Waals surface area contributed by atoms with E-state index in [-0.39, 0.29) is 11.9 Å². The predicted molar refractivity (Wildman–Crippen MR) is 78.2 cm³/mol. The second-order valence-corrected chi connectivity index (χ2v) is 5.61. The molecule has 2 N–H and O–H groups in total. The molecule has 0 aromatic heterocycles. The Morgan fingerprint density at radius 1 is 1.41 bits per heavy atom. The van der Waals surface area contributed by atoms with E-state index in [1.165, 1.54) is 0 Å². The van der Waals surface area contributed by atoms with Crippen LogP contribution in [0.15, 0.2) is 27.1 Å². The second kappa shape index (κ2) is 7.13. The molecule has 94 valence electrons. The Morgan fingerprint density at radius 2 is 2.12 bits per heavy atom. The van der Waals surface area contributed by atoms with Gasteiger partial charge in [-0.25, -0.2) is 0 Å². The molecule has 1 amide bonds. The van der Waals surface area contributed by atoms with Crippen LogP contribution in [0, 0.1) is 0 Å². The number of carbonyl (C=O) groups is 1. The quantitative estimate of drug-likeness (QED) is 0.840. The first-order valence-corrected chi connectivity index (χ1v) is 7.09. The predicted octanol–water partition coefficient (Wildman–Crippen LogP) is 3.54. The first-order valence-electron chi connectivity index (χ1n) is 5.51. The molecule has 1 aromatic rings. The normalized spacial score (nSPS) is 12.2. The number of halogens is 2. The average molecular weight is 364 g/mol.